The Kier molecular flexibility index (Phi) is 6.36. The Hall–Kier alpha value is -0.0900. The Bertz CT molecular complexity index is 333. The van der Waals surface area contributed by atoms with E-state index in [9.17, 15) is 5.11 Å². The highest BCUT2D eigenvalue weighted by molar-refractivity contribution is 9.10. The lowest BCUT2D eigenvalue weighted by molar-refractivity contribution is 0.159. The van der Waals surface area contributed by atoms with E-state index >= 15 is 0 Å². The van der Waals surface area contributed by atoms with Crippen molar-refractivity contribution < 1.29 is 5.11 Å². The molecule has 0 aliphatic heterocycles. The minimum absolute atomic E-state index is 0.190. The lowest BCUT2D eigenvalue weighted by Crippen LogP contribution is -2.19. The van der Waals surface area contributed by atoms with E-state index in [-0.39, 0.29) is 6.10 Å². The number of aliphatic hydroxyl groups is 1. The zero-order valence-corrected chi connectivity index (χ0v) is 11.7. The first-order valence-corrected chi connectivity index (χ1v) is 6.63. The zero-order valence-electron chi connectivity index (χ0n) is 9.34. The maximum atomic E-state index is 9.37. The lowest BCUT2D eigenvalue weighted by Gasteiger charge is -2.09. The average molecular weight is 307 g/mol. The predicted octanol–water partition coefficient (Wildman–Crippen LogP) is 3.35. The first kappa shape index (κ1) is 14.0. The summed E-state index contributed by atoms with van der Waals surface area (Å²) < 4.78 is 0.919. The summed E-state index contributed by atoms with van der Waals surface area (Å²) >= 11 is 9.29. The van der Waals surface area contributed by atoms with Gasteiger partial charge in [-0.15, -0.1) is 0 Å². The lowest BCUT2D eigenvalue weighted by atomic mass is 10.2. The van der Waals surface area contributed by atoms with Crippen LogP contribution in [-0.2, 0) is 6.54 Å². The summed E-state index contributed by atoms with van der Waals surface area (Å²) in [5.41, 5.74) is 1.18. The van der Waals surface area contributed by atoms with Crippen LogP contribution in [0.3, 0.4) is 0 Å². The quantitative estimate of drug-likeness (QED) is 0.790. The Balaban J connectivity index is 2.29. The molecule has 2 N–H and O–H groups in total. The van der Waals surface area contributed by atoms with Gasteiger partial charge in [-0.05, 0) is 53.0 Å². The van der Waals surface area contributed by atoms with Gasteiger partial charge in [-0.3, -0.25) is 0 Å². The van der Waals surface area contributed by atoms with E-state index in [4.69, 9.17) is 11.6 Å². The van der Waals surface area contributed by atoms with Crippen LogP contribution in [-0.4, -0.2) is 17.8 Å². The Morgan fingerprint density at radius 2 is 2.25 bits per heavy atom. The maximum absolute atomic E-state index is 9.37. The number of benzene rings is 1. The van der Waals surface area contributed by atoms with Crippen LogP contribution in [0.15, 0.2) is 22.7 Å². The molecule has 0 saturated carbocycles. The van der Waals surface area contributed by atoms with E-state index in [0.717, 1.165) is 35.4 Å². The minimum Gasteiger partial charge on any atom is -0.393 e. The molecule has 1 aromatic carbocycles. The molecule has 2 nitrogen and oxygen atoms in total. The summed E-state index contributed by atoms with van der Waals surface area (Å²) in [7, 11) is 0. The van der Waals surface area contributed by atoms with Gasteiger partial charge in [0.2, 0.25) is 0 Å². The van der Waals surface area contributed by atoms with Crippen molar-refractivity contribution in [2.45, 2.75) is 32.4 Å². The van der Waals surface area contributed by atoms with Crippen LogP contribution in [0.5, 0.6) is 0 Å². The summed E-state index contributed by atoms with van der Waals surface area (Å²) in [5.74, 6) is 0. The van der Waals surface area contributed by atoms with Crippen LogP contribution in [0.1, 0.15) is 25.3 Å². The van der Waals surface area contributed by atoms with E-state index in [1.165, 1.54) is 5.56 Å². The molecule has 16 heavy (non-hydrogen) atoms. The molecule has 0 saturated heterocycles. The molecule has 1 unspecified atom stereocenters. The molecule has 1 aromatic rings. The van der Waals surface area contributed by atoms with Crippen LogP contribution >= 0.6 is 27.5 Å². The average Bonchev–Trinajstić information content (AvgIpc) is 2.28. The van der Waals surface area contributed by atoms with Crippen molar-refractivity contribution in [3.8, 4) is 0 Å². The normalized spacial score (nSPS) is 12.8. The van der Waals surface area contributed by atoms with Crippen molar-refractivity contribution in [2.24, 2.45) is 0 Å². The fourth-order valence-electron chi connectivity index (χ4n) is 1.36. The van der Waals surface area contributed by atoms with Crippen molar-refractivity contribution >= 4 is 27.5 Å². The molecule has 4 heteroatoms. The maximum Gasteiger partial charge on any atom is 0.0549 e. The number of aliphatic hydroxyl groups excluding tert-OH is 1. The van der Waals surface area contributed by atoms with Crippen LogP contribution in [0.4, 0.5) is 0 Å². The molecule has 0 heterocycles. The minimum atomic E-state index is -0.190. The molecule has 0 spiro atoms. The SMILES string of the molecule is CCC(O)CCNCc1ccc(Cl)c(Br)c1. The third-order valence-electron chi connectivity index (χ3n) is 2.44. The number of nitrogens with one attached hydrogen (secondary N) is 1. The van der Waals surface area contributed by atoms with Crippen molar-refractivity contribution in [3.63, 3.8) is 0 Å². The van der Waals surface area contributed by atoms with E-state index < -0.39 is 0 Å². The molecule has 0 bridgehead atoms. The number of hydrogen-bond acceptors (Lipinski definition) is 2. The smallest absolute Gasteiger partial charge is 0.0549 e. The van der Waals surface area contributed by atoms with Gasteiger partial charge in [-0.1, -0.05) is 24.6 Å². The summed E-state index contributed by atoms with van der Waals surface area (Å²) in [4.78, 5) is 0. The van der Waals surface area contributed by atoms with Crippen LogP contribution in [0.2, 0.25) is 5.02 Å². The van der Waals surface area contributed by atoms with Gasteiger partial charge in [0.1, 0.15) is 0 Å². The molecule has 1 rings (SSSR count). The van der Waals surface area contributed by atoms with Gasteiger partial charge in [0, 0.05) is 11.0 Å². The van der Waals surface area contributed by atoms with Crippen molar-refractivity contribution in [3.05, 3.63) is 33.3 Å². The van der Waals surface area contributed by atoms with E-state index in [0.29, 0.717) is 0 Å². The van der Waals surface area contributed by atoms with Gasteiger partial charge in [0.25, 0.3) is 0 Å². The highest BCUT2D eigenvalue weighted by Gasteiger charge is 2.01. The summed E-state index contributed by atoms with van der Waals surface area (Å²) in [6.45, 7) is 3.61. The fourth-order valence-corrected chi connectivity index (χ4v) is 1.90. The summed E-state index contributed by atoms with van der Waals surface area (Å²) in [6, 6.07) is 5.88. The third-order valence-corrected chi connectivity index (χ3v) is 3.65. The Labute approximate surface area is 110 Å². The van der Waals surface area contributed by atoms with Crippen LogP contribution in [0.25, 0.3) is 0 Å². The molecule has 0 aromatic heterocycles. The van der Waals surface area contributed by atoms with Crippen LogP contribution < -0.4 is 5.32 Å². The summed E-state index contributed by atoms with van der Waals surface area (Å²) in [6.07, 6.45) is 1.42. The van der Waals surface area contributed by atoms with Gasteiger partial charge < -0.3 is 10.4 Å². The molecule has 0 aliphatic rings. The molecular weight excluding hydrogens is 289 g/mol. The van der Waals surface area contributed by atoms with Gasteiger partial charge in [0.15, 0.2) is 0 Å². The molecule has 0 radical (unpaired) electrons. The molecule has 0 amide bonds. The highest BCUT2D eigenvalue weighted by atomic mass is 79.9. The molecular formula is C12H17BrClNO. The first-order valence-electron chi connectivity index (χ1n) is 5.46. The second-order valence-electron chi connectivity index (χ2n) is 3.78. The van der Waals surface area contributed by atoms with Gasteiger partial charge >= 0.3 is 0 Å². The Morgan fingerprint density at radius 1 is 1.50 bits per heavy atom. The van der Waals surface area contributed by atoms with Crippen LogP contribution in [0, 0.1) is 0 Å². The monoisotopic (exact) mass is 305 g/mol. The van der Waals surface area contributed by atoms with Crippen molar-refractivity contribution in [1.29, 1.82) is 0 Å². The second kappa shape index (κ2) is 7.28. The first-order chi connectivity index (χ1) is 7.63. The predicted molar refractivity (Wildman–Crippen MR) is 71.8 cm³/mol. The van der Waals surface area contributed by atoms with E-state index in [1.54, 1.807) is 0 Å². The topological polar surface area (TPSA) is 32.3 Å². The highest BCUT2D eigenvalue weighted by Crippen LogP contribution is 2.23. The number of halogens is 2. The number of rotatable bonds is 6. The van der Waals surface area contributed by atoms with E-state index in [1.807, 2.05) is 25.1 Å². The largest absolute Gasteiger partial charge is 0.393 e. The van der Waals surface area contributed by atoms with E-state index in [2.05, 4.69) is 21.2 Å². The summed E-state index contributed by atoms with van der Waals surface area (Å²) in [5, 5.41) is 13.4. The molecule has 90 valence electrons. The molecule has 1 atom stereocenters. The zero-order chi connectivity index (χ0) is 12.0. The number of hydrogen-bond donors (Lipinski definition) is 2. The van der Waals surface area contributed by atoms with Gasteiger partial charge in [0.05, 0.1) is 11.1 Å². The third kappa shape index (κ3) is 4.83. The van der Waals surface area contributed by atoms with Gasteiger partial charge in [-0.2, -0.15) is 0 Å². The van der Waals surface area contributed by atoms with Crippen molar-refractivity contribution in [2.75, 3.05) is 6.54 Å². The standard InChI is InChI=1S/C12H17BrClNO/c1-2-10(16)5-6-15-8-9-3-4-12(14)11(13)7-9/h3-4,7,10,15-16H,2,5-6,8H2,1H3. The second-order valence-corrected chi connectivity index (χ2v) is 5.04. The van der Waals surface area contributed by atoms with Crippen molar-refractivity contribution in [1.82, 2.24) is 5.32 Å². The molecule has 0 fully saturated rings. The van der Waals surface area contributed by atoms with Gasteiger partial charge in [-0.25, -0.2) is 0 Å². The molecule has 0 aliphatic carbocycles. The Morgan fingerprint density at radius 3 is 2.88 bits per heavy atom. The fraction of sp³-hybridized carbons (Fsp3) is 0.500.